The van der Waals surface area contributed by atoms with Crippen LogP contribution >= 0.6 is 11.3 Å². The van der Waals surface area contributed by atoms with Crippen LogP contribution in [0, 0.1) is 0 Å². The minimum absolute atomic E-state index is 0.288. The number of rotatable bonds is 7. The topological polar surface area (TPSA) is 34.2 Å². The van der Waals surface area contributed by atoms with E-state index in [1.54, 1.807) is 17.5 Å². The molecule has 2 rings (SSSR count). The molecule has 2 aromatic heterocycles. The summed E-state index contributed by atoms with van der Waals surface area (Å²) in [6.07, 6.45) is 4.67. The second kappa shape index (κ2) is 7.26. The molecule has 0 saturated heterocycles. The Morgan fingerprint density at radius 2 is 2.26 bits per heavy atom. The number of nitrogens with zero attached hydrogens (tertiary/aromatic N) is 1. The Balaban J connectivity index is 2.15. The van der Waals surface area contributed by atoms with Gasteiger partial charge in [0, 0.05) is 23.5 Å². The van der Waals surface area contributed by atoms with Crippen molar-refractivity contribution in [1.82, 2.24) is 10.3 Å². The molecule has 0 bridgehead atoms. The lowest BCUT2D eigenvalue weighted by atomic mass is 10.0. The SMILES string of the molecule is CCNC(Cc1cccs1)c1cncc(OCC)c1. The fourth-order valence-electron chi connectivity index (χ4n) is 2.06. The number of thiophene rings is 1. The van der Waals surface area contributed by atoms with Gasteiger partial charge in [0.05, 0.1) is 12.8 Å². The van der Waals surface area contributed by atoms with Crippen molar-refractivity contribution >= 4 is 11.3 Å². The van der Waals surface area contributed by atoms with Gasteiger partial charge < -0.3 is 10.1 Å². The van der Waals surface area contributed by atoms with Crippen molar-refractivity contribution < 1.29 is 4.74 Å². The van der Waals surface area contributed by atoms with E-state index in [9.17, 15) is 0 Å². The molecule has 0 aromatic carbocycles. The number of pyridine rings is 1. The van der Waals surface area contributed by atoms with Crippen LogP contribution in [0.3, 0.4) is 0 Å². The monoisotopic (exact) mass is 276 g/mol. The molecule has 102 valence electrons. The summed E-state index contributed by atoms with van der Waals surface area (Å²) in [5, 5.41) is 5.64. The minimum Gasteiger partial charge on any atom is -0.492 e. The Hall–Kier alpha value is -1.39. The molecule has 3 nitrogen and oxygen atoms in total. The predicted molar refractivity (Wildman–Crippen MR) is 79.8 cm³/mol. The molecule has 0 aliphatic rings. The molecule has 19 heavy (non-hydrogen) atoms. The van der Waals surface area contributed by atoms with Crippen molar-refractivity contribution in [2.45, 2.75) is 26.3 Å². The van der Waals surface area contributed by atoms with E-state index < -0.39 is 0 Å². The Morgan fingerprint density at radius 1 is 1.37 bits per heavy atom. The van der Waals surface area contributed by atoms with Crippen molar-refractivity contribution in [2.24, 2.45) is 0 Å². The van der Waals surface area contributed by atoms with Crippen LogP contribution in [0.2, 0.25) is 0 Å². The summed E-state index contributed by atoms with van der Waals surface area (Å²) in [6, 6.07) is 6.64. The number of hydrogen-bond acceptors (Lipinski definition) is 4. The number of ether oxygens (including phenoxy) is 1. The number of likely N-dealkylation sites (N-methyl/N-ethyl adjacent to an activating group) is 1. The van der Waals surface area contributed by atoms with E-state index in [-0.39, 0.29) is 6.04 Å². The van der Waals surface area contributed by atoms with Crippen molar-refractivity contribution in [3.05, 3.63) is 46.4 Å². The third-order valence-corrected chi connectivity index (χ3v) is 3.78. The summed E-state index contributed by atoms with van der Waals surface area (Å²) >= 11 is 1.79. The van der Waals surface area contributed by atoms with Crippen LogP contribution in [0.5, 0.6) is 5.75 Å². The second-order valence-electron chi connectivity index (χ2n) is 4.28. The summed E-state index contributed by atoms with van der Waals surface area (Å²) in [5.74, 6) is 0.842. The first-order valence-electron chi connectivity index (χ1n) is 6.67. The van der Waals surface area contributed by atoms with Gasteiger partial charge in [-0.15, -0.1) is 11.3 Å². The standard InChI is InChI=1S/C15H20N2OS/c1-3-17-15(9-14-6-5-7-19-14)12-8-13(18-4-2)11-16-10-12/h5-8,10-11,15,17H,3-4,9H2,1-2H3. The van der Waals surface area contributed by atoms with Gasteiger partial charge in [-0.2, -0.15) is 0 Å². The van der Waals surface area contributed by atoms with Crippen molar-refractivity contribution in [1.29, 1.82) is 0 Å². The summed E-state index contributed by atoms with van der Waals surface area (Å²) in [4.78, 5) is 5.66. The molecule has 2 aromatic rings. The van der Waals surface area contributed by atoms with E-state index in [1.807, 2.05) is 13.1 Å². The zero-order valence-electron chi connectivity index (χ0n) is 11.4. The average molecular weight is 276 g/mol. The number of aromatic nitrogens is 1. The lowest BCUT2D eigenvalue weighted by Crippen LogP contribution is -2.22. The van der Waals surface area contributed by atoms with E-state index in [0.29, 0.717) is 6.61 Å². The molecule has 1 N–H and O–H groups in total. The van der Waals surface area contributed by atoms with Gasteiger partial charge in [-0.1, -0.05) is 13.0 Å². The van der Waals surface area contributed by atoms with Crippen LogP contribution in [0.4, 0.5) is 0 Å². The summed E-state index contributed by atoms with van der Waals surface area (Å²) in [6.45, 7) is 5.72. The maximum atomic E-state index is 5.52. The van der Waals surface area contributed by atoms with Gasteiger partial charge in [0.1, 0.15) is 5.75 Å². The molecule has 2 heterocycles. The average Bonchev–Trinajstić information content (AvgIpc) is 2.92. The molecule has 0 spiro atoms. The van der Waals surface area contributed by atoms with Crippen LogP contribution in [-0.2, 0) is 6.42 Å². The Kier molecular flexibility index (Phi) is 5.36. The molecule has 0 aliphatic heterocycles. The highest BCUT2D eigenvalue weighted by molar-refractivity contribution is 7.09. The third-order valence-electron chi connectivity index (χ3n) is 2.88. The zero-order valence-corrected chi connectivity index (χ0v) is 12.2. The van der Waals surface area contributed by atoms with E-state index in [0.717, 1.165) is 18.7 Å². The zero-order chi connectivity index (χ0) is 13.5. The Bertz CT molecular complexity index is 485. The van der Waals surface area contributed by atoms with E-state index in [4.69, 9.17) is 4.74 Å². The van der Waals surface area contributed by atoms with Gasteiger partial charge in [-0.05, 0) is 36.5 Å². The van der Waals surface area contributed by atoms with Gasteiger partial charge in [-0.25, -0.2) is 0 Å². The van der Waals surface area contributed by atoms with E-state index >= 15 is 0 Å². The largest absolute Gasteiger partial charge is 0.492 e. The second-order valence-corrected chi connectivity index (χ2v) is 5.31. The highest BCUT2D eigenvalue weighted by atomic mass is 32.1. The molecule has 0 fully saturated rings. The minimum atomic E-state index is 0.288. The first-order chi connectivity index (χ1) is 9.33. The van der Waals surface area contributed by atoms with Crippen LogP contribution in [-0.4, -0.2) is 18.1 Å². The molecule has 0 aliphatic carbocycles. The van der Waals surface area contributed by atoms with E-state index in [1.165, 1.54) is 10.4 Å². The molecule has 0 amide bonds. The fraction of sp³-hybridized carbons (Fsp3) is 0.400. The molecular weight excluding hydrogens is 256 g/mol. The number of hydrogen-bond donors (Lipinski definition) is 1. The fourth-order valence-corrected chi connectivity index (χ4v) is 2.81. The smallest absolute Gasteiger partial charge is 0.137 e. The van der Waals surface area contributed by atoms with Crippen molar-refractivity contribution in [2.75, 3.05) is 13.2 Å². The lowest BCUT2D eigenvalue weighted by molar-refractivity contribution is 0.338. The van der Waals surface area contributed by atoms with Gasteiger partial charge in [0.25, 0.3) is 0 Å². The van der Waals surface area contributed by atoms with E-state index in [2.05, 4.69) is 40.8 Å². The molecule has 1 unspecified atom stereocenters. The first kappa shape index (κ1) is 14.0. The molecule has 1 atom stereocenters. The Labute approximate surface area is 118 Å². The van der Waals surface area contributed by atoms with Crippen LogP contribution < -0.4 is 10.1 Å². The van der Waals surface area contributed by atoms with Crippen molar-refractivity contribution in [3.8, 4) is 5.75 Å². The summed E-state index contributed by atoms with van der Waals surface area (Å²) in [5.41, 5.74) is 1.18. The third kappa shape index (κ3) is 4.04. The first-order valence-corrected chi connectivity index (χ1v) is 7.55. The maximum Gasteiger partial charge on any atom is 0.137 e. The predicted octanol–water partition coefficient (Wildman–Crippen LogP) is 3.44. The summed E-state index contributed by atoms with van der Waals surface area (Å²) < 4.78 is 5.52. The van der Waals surface area contributed by atoms with Crippen LogP contribution in [0.1, 0.15) is 30.3 Å². The van der Waals surface area contributed by atoms with Crippen LogP contribution in [0.25, 0.3) is 0 Å². The summed E-state index contributed by atoms with van der Waals surface area (Å²) in [7, 11) is 0. The number of nitrogens with one attached hydrogen (secondary N) is 1. The quantitative estimate of drug-likeness (QED) is 0.841. The normalized spacial score (nSPS) is 12.3. The highest BCUT2D eigenvalue weighted by Crippen LogP contribution is 2.23. The van der Waals surface area contributed by atoms with Crippen molar-refractivity contribution in [3.63, 3.8) is 0 Å². The van der Waals surface area contributed by atoms with Gasteiger partial charge in [0.2, 0.25) is 0 Å². The van der Waals surface area contributed by atoms with Gasteiger partial charge >= 0.3 is 0 Å². The van der Waals surface area contributed by atoms with Gasteiger partial charge in [0.15, 0.2) is 0 Å². The lowest BCUT2D eigenvalue weighted by Gasteiger charge is -2.18. The maximum absolute atomic E-state index is 5.52. The van der Waals surface area contributed by atoms with Crippen LogP contribution in [0.15, 0.2) is 36.0 Å². The molecular formula is C15H20N2OS. The molecule has 0 saturated carbocycles. The molecule has 0 radical (unpaired) electrons. The highest BCUT2D eigenvalue weighted by Gasteiger charge is 2.13. The Morgan fingerprint density at radius 3 is 2.95 bits per heavy atom. The van der Waals surface area contributed by atoms with Gasteiger partial charge in [-0.3, -0.25) is 4.98 Å². The molecule has 4 heteroatoms.